The molecule has 1 aliphatic heterocycles. The topological polar surface area (TPSA) is 69.0 Å². The first-order chi connectivity index (χ1) is 14.8. The van der Waals surface area contributed by atoms with Gasteiger partial charge in [-0.25, -0.2) is 9.67 Å². The number of rotatable bonds is 6. The van der Waals surface area contributed by atoms with E-state index >= 15 is 0 Å². The van der Waals surface area contributed by atoms with Crippen LogP contribution in [0.25, 0.3) is 15.9 Å². The number of hydrogen-bond acceptors (Lipinski definition) is 5. The molecule has 1 aliphatic rings. The van der Waals surface area contributed by atoms with Crippen LogP contribution < -0.4 is 5.32 Å². The van der Waals surface area contributed by atoms with E-state index in [0.717, 1.165) is 47.3 Å². The molecule has 1 fully saturated rings. The molecule has 30 heavy (non-hydrogen) atoms. The highest BCUT2D eigenvalue weighted by atomic mass is 32.1. The Morgan fingerprint density at radius 3 is 2.93 bits per heavy atom. The summed E-state index contributed by atoms with van der Waals surface area (Å²) >= 11 is 1.66. The summed E-state index contributed by atoms with van der Waals surface area (Å²) in [7, 11) is 0. The van der Waals surface area contributed by atoms with Crippen LogP contribution >= 0.6 is 11.3 Å². The summed E-state index contributed by atoms with van der Waals surface area (Å²) in [5, 5.41) is 9.27. The van der Waals surface area contributed by atoms with Crippen LogP contribution in [0.2, 0.25) is 0 Å². The molecule has 1 atom stereocenters. The smallest absolute Gasteiger partial charge is 0.270 e. The number of carbonyl (C=O) groups excluding carboxylic acids is 1. The predicted octanol–water partition coefficient (Wildman–Crippen LogP) is 3.98. The average Bonchev–Trinajstić information content (AvgIpc) is 3.55. The zero-order valence-electron chi connectivity index (χ0n) is 16.5. The van der Waals surface area contributed by atoms with E-state index in [1.165, 1.54) is 5.56 Å². The van der Waals surface area contributed by atoms with Crippen molar-refractivity contribution in [2.45, 2.75) is 25.4 Å². The third-order valence-corrected chi connectivity index (χ3v) is 6.31. The second-order valence-corrected chi connectivity index (χ2v) is 8.36. The fourth-order valence-electron chi connectivity index (χ4n) is 3.78. The Bertz CT molecular complexity index is 1150. The molecular weight excluding hydrogens is 396 g/mol. The van der Waals surface area contributed by atoms with Gasteiger partial charge >= 0.3 is 0 Å². The van der Waals surface area contributed by atoms with Crippen LogP contribution in [0.1, 0.15) is 34.5 Å². The number of ether oxygens (including phenoxy) is 1. The molecule has 1 amide bonds. The van der Waals surface area contributed by atoms with Crippen LogP contribution in [0.3, 0.4) is 0 Å². The number of carbonyl (C=O) groups is 1. The molecule has 0 saturated carbocycles. The lowest BCUT2D eigenvalue weighted by Crippen LogP contribution is -2.32. The molecule has 0 spiro atoms. The lowest BCUT2D eigenvalue weighted by Gasteiger charge is -2.12. The molecule has 0 bridgehead atoms. The largest absolute Gasteiger partial charge is 0.376 e. The molecule has 1 N–H and O–H groups in total. The van der Waals surface area contributed by atoms with E-state index in [2.05, 4.69) is 39.7 Å². The van der Waals surface area contributed by atoms with Crippen molar-refractivity contribution in [1.29, 1.82) is 0 Å². The second kappa shape index (κ2) is 8.38. The Morgan fingerprint density at radius 2 is 2.17 bits per heavy atom. The van der Waals surface area contributed by atoms with Crippen molar-refractivity contribution in [3.8, 4) is 5.69 Å². The molecule has 152 valence electrons. The molecule has 0 unspecified atom stereocenters. The predicted molar refractivity (Wildman–Crippen MR) is 117 cm³/mol. The summed E-state index contributed by atoms with van der Waals surface area (Å²) in [5.41, 5.74) is 4.64. The zero-order valence-corrected chi connectivity index (χ0v) is 17.3. The molecule has 5 rings (SSSR count). The maximum atomic E-state index is 12.7. The van der Waals surface area contributed by atoms with Gasteiger partial charge in [0.1, 0.15) is 5.69 Å². The van der Waals surface area contributed by atoms with E-state index in [0.29, 0.717) is 12.2 Å². The number of thiophene rings is 1. The Morgan fingerprint density at radius 1 is 1.27 bits per heavy atom. The standard InChI is InChI=1S/C23H22N4O2S/c28-23(24-15-19-3-1-11-29-19)21-14-17(22-20(26-21)8-12-30-22)13-16-4-6-18(7-5-16)27-10-2-9-25-27/h2,4-10,12,14,19H,1,3,11,13,15H2,(H,24,28)/t19-/m0/s1. The maximum Gasteiger partial charge on any atom is 0.270 e. The highest BCUT2D eigenvalue weighted by Crippen LogP contribution is 2.27. The number of hydrogen-bond donors (Lipinski definition) is 1. The van der Waals surface area contributed by atoms with Crippen molar-refractivity contribution in [1.82, 2.24) is 20.1 Å². The van der Waals surface area contributed by atoms with E-state index in [9.17, 15) is 4.79 Å². The number of amides is 1. The minimum absolute atomic E-state index is 0.117. The van der Waals surface area contributed by atoms with Gasteiger partial charge in [-0.1, -0.05) is 12.1 Å². The van der Waals surface area contributed by atoms with Gasteiger partial charge in [0.25, 0.3) is 5.91 Å². The van der Waals surface area contributed by atoms with Crippen LogP contribution in [0.5, 0.6) is 0 Å². The monoisotopic (exact) mass is 418 g/mol. The molecule has 0 aliphatic carbocycles. The summed E-state index contributed by atoms with van der Waals surface area (Å²) in [6.45, 7) is 1.31. The number of pyridine rings is 1. The lowest BCUT2D eigenvalue weighted by atomic mass is 10.0. The van der Waals surface area contributed by atoms with E-state index in [4.69, 9.17) is 4.74 Å². The minimum atomic E-state index is -0.145. The minimum Gasteiger partial charge on any atom is -0.376 e. The first kappa shape index (κ1) is 19.0. The van der Waals surface area contributed by atoms with Gasteiger partial charge in [-0.05, 0) is 66.1 Å². The van der Waals surface area contributed by atoms with Crippen molar-refractivity contribution in [3.63, 3.8) is 0 Å². The van der Waals surface area contributed by atoms with Gasteiger partial charge in [0.05, 0.1) is 22.0 Å². The van der Waals surface area contributed by atoms with Crippen molar-refractivity contribution in [2.24, 2.45) is 0 Å². The molecule has 3 aromatic heterocycles. The van der Waals surface area contributed by atoms with E-state index in [1.54, 1.807) is 17.5 Å². The number of nitrogens with one attached hydrogen (secondary N) is 1. The summed E-state index contributed by atoms with van der Waals surface area (Å²) < 4.78 is 8.56. The normalized spacial score (nSPS) is 16.2. The Hall–Kier alpha value is -3.03. The quantitative estimate of drug-likeness (QED) is 0.514. The summed E-state index contributed by atoms with van der Waals surface area (Å²) in [6.07, 6.45) is 6.61. The number of nitrogens with zero attached hydrogens (tertiary/aromatic N) is 3. The first-order valence-electron chi connectivity index (χ1n) is 10.1. The third kappa shape index (κ3) is 3.99. The Labute approximate surface area is 178 Å². The zero-order chi connectivity index (χ0) is 20.3. The first-order valence-corrected chi connectivity index (χ1v) is 11.0. The van der Waals surface area contributed by atoms with Crippen LogP contribution in [-0.2, 0) is 11.2 Å². The fraction of sp³-hybridized carbons (Fsp3) is 0.261. The van der Waals surface area contributed by atoms with Crippen molar-refractivity contribution >= 4 is 27.5 Å². The van der Waals surface area contributed by atoms with Gasteiger partial charge in [0, 0.05) is 25.5 Å². The molecule has 1 aromatic carbocycles. The molecule has 0 radical (unpaired) electrons. The Kier molecular flexibility index (Phi) is 5.29. The molecular formula is C23H22N4O2S. The van der Waals surface area contributed by atoms with Crippen molar-refractivity contribution < 1.29 is 9.53 Å². The van der Waals surface area contributed by atoms with Gasteiger partial charge in [-0.15, -0.1) is 11.3 Å². The fourth-order valence-corrected chi connectivity index (χ4v) is 4.63. The van der Waals surface area contributed by atoms with Crippen molar-refractivity contribution in [3.05, 3.63) is 77.1 Å². The number of benzene rings is 1. The second-order valence-electron chi connectivity index (χ2n) is 7.44. The Balaban J connectivity index is 1.36. The van der Waals surface area contributed by atoms with E-state index < -0.39 is 0 Å². The summed E-state index contributed by atoms with van der Waals surface area (Å²) in [5.74, 6) is -0.145. The van der Waals surface area contributed by atoms with Gasteiger partial charge in [-0.3, -0.25) is 4.79 Å². The van der Waals surface area contributed by atoms with E-state index in [1.807, 2.05) is 34.5 Å². The highest BCUT2D eigenvalue weighted by Gasteiger charge is 2.18. The average molecular weight is 419 g/mol. The number of fused-ring (bicyclic) bond motifs is 1. The van der Waals surface area contributed by atoms with Crippen LogP contribution in [0, 0.1) is 0 Å². The SMILES string of the molecule is O=C(NC[C@@H]1CCCO1)c1cc(Cc2ccc(-n3cccn3)cc2)c2sccc2n1. The van der Waals surface area contributed by atoms with Gasteiger partial charge in [0.2, 0.25) is 0 Å². The van der Waals surface area contributed by atoms with Gasteiger partial charge in [0.15, 0.2) is 0 Å². The van der Waals surface area contributed by atoms with Crippen molar-refractivity contribution in [2.75, 3.05) is 13.2 Å². The van der Waals surface area contributed by atoms with Crippen LogP contribution in [0.4, 0.5) is 0 Å². The summed E-state index contributed by atoms with van der Waals surface area (Å²) in [4.78, 5) is 17.3. The summed E-state index contributed by atoms with van der Waals surface area (Å²) in [6, 6.07) is 14.1. The molecule has 4 aromatic rings. The molecule has 6 nitrogen and oxygen atoms in total. The third-order valence-electron chi connectivity index (χ3n) is 5.33. The van der Waals surface area contributed by atoms with Crippen LogP contribution in [-0.4, -0.2) is 39.9 Å². The molecule has 1 saturated heterocycles. The number of aromatic nitrogens is 3. The highest BCUT2D eigenvalue weighted by molar-refractivity contribution is 7.17. The maximum absolute atomic E-state index is 12.7. The van der Waals surface area contributed by atoms with Crippen LogP contribution in [0.15, 0.2) is 60.2 Å². The van der Waals surface area contributed by atoms with E-state index in [-0.39, 0.29) is 12.0 Å². The van der Waals surface area contributed by atoms with Gasteiger partial charge < -0.3 is 10.1 Å². The van der Waals surface area contributed by atoms with Gasteiger partial charge in [-0.2, -0.15) is 5.10 Å². The molecule has 7 heteroatoms. The lowest BCUT2D eigenvalue weighted by molar-refractivity contribution is 0.0854. The molecule has 4 heterocycles.